The number of hydrogen-bond donors (Lipinski definition) is 1. The zero-order chi connectivity index (χ0) is 25.5. The first kappa shape index (κ1) is 41.3. The molecule has 0 fully saturated rings. The Morgan fingerprint density at radius 1 is 0.971 bits per heavy atom. The maximum atomic E-state index is 11.9. The van der Waals surface area contributed by atoms with Crippen molar-refractivity contribution in [1.82, 2.24) is 0 Å². The van der Waals surface area contributed by atoms with Crippen molar-refractivity contribution in [3.05, 3.63) is 0 Å². The predicted molar refractivity (Wildman–Crippen MR) is 127 cm³/mol. The molecule has 0 heterocycles. The van der Waals surface area contributed by atoms with Gasteiger partial charge in [0.15, 0.2) is 6.10 Å². The van der Waals surface area contributed by atoms with Crippen molar-refractivity contribution in [3.63, 3.8) is 0 Å². The molecular formula is C22H40NNa2O9P. The van der Waals surface area contributed by atoms with Crippen molar-refractivity contribution >= 4 is 25.7 Å². The van der Waals surface area contributed by atoms with E-state index >= 15 is 0 Å². The summed E-state index contributed by atoms with van der Waals surface area (Å²) < 4.78 is 24.6. The number of ether oxygens (including phenoxy) is 2. The van der Waals surface area contributed by atoms with E-state index in [2.05, 4.69) is 52.7 Å². The largest absolute Gasteiger partial charge is 1.00 e. The average molecular weight is 540 g/mol. The molecule has 0 unspecified atom stereocenters. The van der Waals surface area contributed by atoms with E-state index in [0.717, 1.165) is 32.1 Å². The number of phosphoric acid groups is 1. The zero-order valence-electron chi connectivity index (χ0n) is 21.1. The second-order valence-electron chi connectivity index (χ2n) is 6.46. The van der Waals surface area contributed by atoms with E-state index in [1.54, 1.807) is 6.92 Å². The third kappa shape index (κ3) is 37.9. The Morgan fingerprint density at radius 2 is 1.51 bits per heavy atom. The Hall–Kier alpha value is -0.800. The molecule has 2 N–H and O–H groups in total. The molecule has 0 bridgehead atoms. The number of nitrogens with two attached hydrogens (primary N) is 1. The molecule has 0 radical (unpaired) electrons. The molecule has 0 aliphatic carbocycles. The van der Waals surface area contributed by atoms with Gasteiger partial charge in [-0.05, 0) is 37.0 Å². The number of carbonyl (C=O) groups is 3. The molecular weight excluding hydrogens is 499 g/mol. The summed E-state index contributed by atoms with van der Waals surface area (Å²) in [6.07, 6.45) is 4.71. The van der Waals surface area contributed by atoms with Crippen LogP contribution in [0.3, 0.4) is 0 Å². The molecule has 0 aliphatic rings. The third-order valence-electron chi connectivity index (χ3n) is 3.33. The number of phosphoric ester groups is 1. The average Bonchev–Trinajstić information content (AvgIpc) is 2.71. The molecule has 0 saturated heterocycles. The molecule has 194 valence electrons. The molecule has 1 amide bonds. The Bertz CT molecular complexity index is 860. The maximum Gasteiger partial charge on any atom is 1.00 e. The predicted octanol–water partition coefficient (Wildman–Crippen LogP) is -4.20. The van der Waals surface area contributed by atoms with Crippen molar-refractivity contribution in [3.8, 4) is 35.5 Å². The Kier molecular flexibility index (Phi) is 32.8. The number of primary amides is 1. The fourth-order valence-corrected chi connectivity index (χ4v) is 2.35. The van der Waals surface area contributed by atoms with Crippen molar-refractivity contribution in [1.29, 1.82) is 0 Å². The molecule has 0 saturated carbocycles. The smallest absolute Gasteiger partial charge is 0.790 e. The van der Waals surface area contributed by atoms with Gasteiger partial charge in [-0.15, -0.1) is 0 Å². The summed E-state index contributed by atoms with van der Waals surface area (Å²) in [5.74, 6) is 12.0. The number of esters is 2. The first-order chi connectivity index (χ1) is 15.5. The number of rotatable bonds is 13. The van der Waals surface area contributed by atoms with Crippen molar-refractivity contribution < 1.29 is 109 Å². The van der Waals surface area contributed by atoms with Crippen LogP contribution in [0.1, 0.15) is 72.9 Å². The van der Waals surface area contributed by atoms with Gasteiger partial charge < -0.3 is 34.1 Å². The molecule has 0 aliphatic heterocycles. The van der Waals surface area contributed by atoms with Gasteiger partial charge in [0, 0.05) is 26.4 Å². The van der Waals surface area contributed by atoms with Gasteiger partial charge in [0.1, 0.15) is 6.61 Å². The molecule has 1 atom stereocenters. The van der Waals surface area contributed by atoms with Gasteiger partial charge in [-0.25, -0.2) is 4.79 Å². The number of carbonyl (C=O) groups excluding carboxylic acids is 3. The van der Waals surface area contributed by atoms with Crippen LogP contribution in [0.25, 0.3) is 0 Å². The topological polar surface area (TPSA) is 168 Å². The van der Waals surface area contributed by atoms with Crippen LogP contribution in [0.2, 0.25) is 0 Å². The van der Waals surface area contributed by atoms with E-state index < -0.39 is 39.1 Å². The Balaban J connectivity index is -0.000000116. The molecule has 0 aromatic rings. The quantitative estimate of drug-likeness (QED) is 0.0609. The molecule has 0 rings (SSSR count). The molecule has 35 heavy (non-hydrogen) atoms. The van der Waals surface area contributed by atoms with E-state index in [1.165, 1.54) is 6.92 Å². The van der Waals surface area contributed by atoms with Crippen LogP contribution in [0.4, 0.5) is 0 Å². The minimum atomic E-state index is -5.27. The van der Waals surface area contributed by atoms with Gasteiger partial charge >= 0.3 is 71.1 Å². The van der Waals surface area contributed by atoms with Crippen LogP contribution in [0.5, 0.6) is 0 Å². The van der Waals surface area contributed by atoms with Crippen LogP contribution in [0.15, 0.2) is 0 Å². The molecule has 13 heteroatoms. The van der Waals surface area contributed by atoms with Crippen LogP contribution < -0.4 is 74.6 Å². The minimum Gasteiger partial charge on any atom is -0.790 e. The first-order valence-electron chi connectivity index (χ1n) is 10.2. The molecule has 0 aromatic heterocycles. The summed E-state index contributed by atoms with van der Waals surface area (Å²) in [6.45, 7) is 3.74. The van der Waals surface area contributed by atoms with Crippen molar-refractivity contribution in [2.75, 3.05) is 13.2 Å². The maximum absolute atomic E-state index is 11.9. The number of unbranched alkanes of at least 4 members (excludes halogenated alkanes) is 5. The monoisotopic (exact) mass is 539 g/mol. The summed E-state index contributed by atoms with van der Waals surface area (Å²) in [5, 5.41) is 0. The SMILES string of the molecule is CC#CC#CC#CC(=O)OC[C@H](COP(=O)([O-])[O-])OC(=O)CCCCCCCC.CC(N)=O.[HH].[HH].[HH].[HH].[HH].[Na+].[Na+]. The van der Waals surface area contributed by atoms with Gasteiger partial charge in [0.25, 0.3) is 0 Å². The third-order valence-corrected chi connectivity index (χ3v) is 3.79. The van der Waals surface area contributed by atoms with Crippen LogP contribution >= 0.6 is 7.82 Å². The molecule has 0 spiro atoms. The standard InChI is InChI=1S/C20H27O8P.C2H5NO.2Na.5H2/c1-3-5-7-9-11-13-15-20(22)28-18(17-27-29(23,24)25)16-26-19(21)14-12-10-8-6-4-2;1-2(3)4;;;;;;;/h18H,3,5,7,9,11,13,15-17H2,1-2H3,(H2,23,24,25);1H3,(H2,3,4);;;5*1H/q;;2*+1;;;;;/p-2/t18-;;;;;;;;/m1......../s1. The van der Waals surface area contributed by atoms with Gasteiger partial charge in [0.05, 0.1) is 14.4 Å². The van der Waals surface area contributed by atoms with Crippen LogP contribution in [0, 0.1) is 35.5 Å². The van der Waals surface area contributed by atoms with Crippen molar-refractivity contribution in [2.24, 2.45) is 5.73 Å². The van der Waals surface area contributed by atoms with E-state index in [-0.39, 0.29) is 78.6 Å². The molecule has 0 aromatic carbocycles. The van der Waals surface area contributed by atoms with Gasteiger partial charge in [-0.2, -0.15) is 0 Å². The van der Waals surface area contributed by atoms with Gasteiger partial charge in [0.2, 0.25) is 5.91 Å². The number of amides is 1. The first-order valence-corrected chi connectivity index (χ1v) is 11.7. The summed E-state index contributed by atoms with van der Waals surface area (Å²) >= 11 is 0. The van der Waals surface area contributed by atoms with Crippen LogP contribution in [-0.2, 0) is 32.9 Å². The van der Waals surface area contributed by atoms with E-state index in [9.17, 15) is 28.7 Å². The Morgan fingerprint density at radius 3 is 2.06 bits per heavy atom. The van der Waals surface area contributed by atoms with Crippen molar-refractivity contribution in [2.45, 2.75) is 71.8 Å². The van der Waals surface area contributed by atoms with Gasteiger partial charge in [-0.3, -0.25) is 9.59 Å². The van der Waals surface area contributed by atoms with Crippen LogP contribution in [-0.4, -0.2) is 37.2 Å². The van der Waals surface area contributed by atoms with E-state index in [1.807, 2.05) is 0 Å². The second-order valence-corrected chi connectivity index (χ2v) is 7.61. The second kappa shape index (κ2) is 27.8. The minimum absolute atomic E-state index is 0. The fourth-order valence-electron chi connectivity index (χ4n) is 2.00. The number of hydrogen-bond acceptors (Lipinski definition) is 9. The van der Waals surface area contributed by atoms with Gasteiger partial charge in [-0.1, -0.05) is 44.9 Å². The summed E-state index contributed by atoms with van der Waals surface area (Å²) in [7, 11) is -5.27. The Labute approximate surface area is 259 Å². The van der Waals surface area contributed by atoms with E-state index in [4.69, 9.17) is 9.47 Å². The summed E-state index contributed by atoms with van der Waals surface area (Å²) in [6, 6.07) is 0. The summed E-state index contributed by atoms with van der Waals surface area (Å²) in [4.78, 5) is 53.9. The van der Waals surface area contributed by atoms with E-state index in [0.29, 0.717) is 6.42 Å². The summed E-state index contributed by atoms with van der Waals surface area (Å²) in [5.41, 5.74) is 4.47. The normalized spacial score (nSPS) is 9.74. The molecule has 10 nitrogen and oxygen atoms in total. The zero-order valence-corrected chi connectivity index (χ0v) is 26.0. The fraction of sp³-hybridized carbons (Fsp3) is 0.591.